The topological polar surface area (TPSA) is 21.6 Å². The van der Waals surface area contributed by atoms with E-state index in [-0.39, 0.29) is 6.10 Å². The van der Waals surface area contributed by atoms with Crippen molar-refractivity contribution in [2.45, 2.75) is 39.8 Å². The lowest BCUT2D eigenvalue weighted by Gasteiger charge is -2.08. The van der Waals surface area contributed by atoms with Gasteiger partial charge < -0.3 is 4.74 Å². The van der Waals surface area contributed by atoms with E-state index in [0.29, 0.717) is 12.0 Å². The third kappa shape index (κ3) is 1.31. The smallest absolute Gasteiger partial charge is 0.186 e. The average Bonchev–Trinajstić information content (AvgIpc) is 2.13. The highest BCUT2D eigenvalue weighted by Gasteiger charge is 2.24. The van der Waals surface area contributed by atoms with Gasteiger partial charge in [-0.3, -0.25) is 0 Å². The van der Waals surface area contributed by atoms with Gasteiger partial charge in [0, 0.05) is 5.92 Å². The molecule has 1 heterocycles. The van der Waals surface area contributed by atoms with E-state index in [4.69, 9.17) is 4.74 Å². The van der Waals surface area contributed by atoms with Crippen molar-refractivity contribution in [1.82, 2.24) is 0 Å². The maximum atomic E-state index is 5.48. The summed E-state index contributed by atoms with van der Waals surface area (Å²) >= 11 is 0. The minimum absolute atomic E-state index is 0.275. The van der Waals surface area contributed by atoms with Crippen LogP contribution in [0.3, 0.4) is 0 Å². The minimum atomic E-state index is 0.275. The zero-order valence-corrected chi connectivity index (χ0v) is 7.09. The first kappa shape index (κ1) is 7.58. The number of rotatable bonds is 1. The summed E-state index contributed by atoms with van der Waals surface area (Å²) in [6, 6.07) is 0.345. The Hall–Kier alpha value is -0.530. The molecule has 0 radical (unpaired) electrons. The molecule has 0 fully saturated rings. The standard InChI is InChI=1S/C8H15NO/c1-5(2)8-9-6(3)7(4)10-8/h5-7H,1-4H3. The van der Waals surface area contributed by atoms with Crippen LogP contribution in [0.25, 0.3) is 0 Å². The van der Waals surface area contributed by atoms with Crippen molar-refractivity contribution < 1.29 is 4.74 Å². The van der Waals surface area contributed by atoms with Gasteiger partial charge in [-0.2, -0.15) is 0 Å². The Morgan fingerprint density at radius 3 is 2.20 bits per heavy atom. The molecule has 0 aromatic rings. The van der Waals surface area contributed by atoms with Gasteiger partial charge in [-0.25, -0.2) is 4.99 Å². The summed E-state index contributed by atoms with van der Waals surface area (Å²) in [4.78, 5) is 4.36. The molecule has 2 atom stereocenters. The van der Waals surface area contributed by atoms with Gasteiger partial charge in [0.05, 0.1) is 6.04 Å². The summed E-state index contributed by atoms with van der Waals surface area (Å²) in [6.07, 6.45) is 0.275. The Labute approximate surface area is 62.3 Å². The molecule has 2 heteroatoms. The maximum Gasteiger partial charge on any atom is 0.186 e. The van der Waals surface area contributed by atoms with E-state index in [1.54, 1.807) is 0 Å². The fraction of sp³-hybridized carbons (Fsp3) is 0.875. The lowest BCUT2D eigenvalue weighted by molar-refractivity contribution is 0.208. The van der Waals surface area contributed by atoms with Crippen molar-refractivity contribution in [2.24, 2.45) is 10.9 Å². The molecule has 0 N–H and O–H groups in total. The van der Waals surface area contributed by atoms with Crippen molar-refractivity contribution in [3.05, 3.63) is 0 Å². The summed E-state index contributed by atoms with van der Waals surface area (Å²) in [5, 5.41) is 0. The Bertz CT molecular complexity index is 151. The van der Waals surface area contributed by atoms with Crippen LogP contribution in [0.5, 0.6) is 0 Å². The molecule has 10 heavy (non-hydrogen) atoms. The average molecular weight is 141 g/mol. The number of aliphatic imine (C=N–C) groups is 1. The minimum Gasteiger partial charge on any atom is -0.476 e. The predicted molar refractivity (Wildman–Crippen MR) is 42.3 cm³/mol. The maximum absolute atomic E-state index is 5.48. The van der Waals surface area contributed by atoms with Gasteiger partial charge in [-0.1, -0.05) is 13.8 Å². The molecule has 0 spiro atoms. The van der Waals surface area contributed by atoms with Crippen molar-refractivity contribution in [1.29, 1.82) is 0 Å². The first-order chi connectivity index (χ1) is 4.61. The quantitative estimate of drug-likeness (QED) is 0.546. The Morgan fingerprint density at radius 2 is 2.00 bits per heavy atom. The molecule has 0 aliphatic carbocycles. The van der Waals surface area contributed by atoms with Crippen LogP contribution in [-0.2, 0) is 4.74 Å². The first-order valence-electron chi connectivity index (χ1n) is 3.85. The SMILES string of the molecule is CC(C)C1=NC(C)C(C)O1. The summed E-state index contributed by atoms with van der Waals surface area (Å²) in [5.74, 6) is 1.35. The van der Waals surface area contributed by atoms with Crippen molar-refractivity contribution >= 4 is 5.90 Å². The Morgan fingerprint density at radius 1 is 1.40 bits per heavy atom. The highest BCUT2D eigenvalue weighted by atomic mass is 16.5. The first-order valence-corrected chi connectivity index (χ1v) is 3.85. The van der Waals surface area contributed by atoms with E-state index in [2.05, 4.69) is 32.7 Å². The molecule has 1 aliphatic rings. The van der Waals surface area contributed by atoms with Crippen LogP contribution in [0.2, 0.25) is 0 Å². The molecule has 0 saturated carbocycles. The van der Waals surface area contributed by atoms with Crippen LogP contribution in [0.1, 0.15) is 27.7 Å². The van der Waals surface area contributed by atoms with E-state index in [9.17, 15) is 0 Å². The van der Waals surface area contributed by atoms with E-state index in [0.717, 1.165) is 5.90 Å². The molecule has 1 aliphatic heterocycles. The van der Waals surface area contributed by atoms with Gasteiger partial charge in [-0.05, 0) is 13.8 Å². The monoisotopic (exact) mass is 141 g/mol. The van der Waals surface area contributed by atoms with Crippen molar-refractivity contribution in [3.63, 3.8) is 0 Å². The second-order valence-electron chi connectivity index (χ2n) is 3.19. The van der Waals surface area contributed by atoms with Gasteiger partial charge in [-0.15, -0.1) is 0 Å². The van der Waals surface area contributed by atoms with Crippen LogP contribution in [0.4, 0.5) is 0 Å². The summed E-state index contributed by atoms with van der Waals surface area (Å²) in [6.45, 7) is 8.34. The number of hydrogen-bond donors (Lipinski definition) is 0. The third-order valence-electron chi connectivity index (χ3n) is 1.81. The number of ether oxygens (including phenoxy) is 1. The molecule has 2 nitrogen and oxygen atoms in total. The van der Waals surface area contributed by atoms with Gasteiger partial charge in [0.1, 0.15) is 6.10 Å². The molecule has 0 amide bonds. The highest BCUT2D eigenvalue weighted by Crippen LogP contribution is 2.16. The van der Waals surface area contributed by atoms with E-state index < -0.39 is 0 Å². The van der Waals surface area contributed by atoms with Gasteiger partial charge in [0.2, 0.25) is 0 Å². The van der Waals surface area contributed by atoms with Gasteiger partial charge in [0.15, 0.2) is 5.90 Å². The zero-order chi connectivity index (χ0) is 7.72. The van der Waals surface area contributed by atoms with Crippen molar-refractivity contribution in [3.8, 4) is 0 Å². The van der Waals surface area contributed by atoms with Gasteiger partial charge in [0.25, 0.3) is 0 Å². The zero-order valence-electron chi connectivity index (χ0n) is 7.09. The van der Waals surface area contributed by atoms with Crippen LogP contribution < -0.4 is 0 Å². The van der Waals surface area contributed by atoms with Crippen LogP contribution in [0, 0.1) is 5.92 Å². The second kappa shape index (κ2) is 2.60. The van der Waals surface area contributed by atoms with Crippen molar-refractivity contribution in [2.75, 3.05) is 0 Å². The summed E-state index contributed by atoms with van der Waals surface area (Å²) in [7, 11) is 0. The van der Waals surface area contributed by atoms with E-state index in [1.165, 1.54) is 0 Å². The molecule has 2 unspecified atom stereocenters. The number of nitrogens with zero attached hydrogens (tertiary/aromatic N) is 1. The Kier molecular flexibility index (Phi) is 1.97. The van der Waals surface area contributed by atoms with Crippen LogP contribution in [-0.4, -0.2) is 18.0 Å². The molecular weight excluding hydrogens is 126 g/mol. The largest absolute Gasteiger partial charge is 0.476 e. The van der Waals surface area contributed by atoms with Crippen LogP contribution in [0.15, 0.2) is 4.99 Å². The predicted octanol–water partition coefficient (Wildman–Crippen LogP) is 1.85. The molecule has 58 valence electrons. The fourth-order valence-corrected chi connectivity index (χ4v) is 0.910. The summed E-state index contributed by atoms with van der Waals surface area (Å²) < 4.78 is 5.48. The lowest BCUT2D eigenvalue weighted by atomic mass is 10.2. The van der Waals surface area contributed by atoms with E-state index >= 15 is 0 Å². The third-order valence-corrected chi connectivity index (χ3v) is 1.81. The fourth-order valence-electron chi connectivity index (χ4n) is 0.910. The molecular formula is C8H15NO. The number of hydrogen-bond acceptors (Lipinski definition) is 2. The van der Waals surface area contributed by atoms with E-state index in [1.807, 2.05) is 0 Å². The second-order valence-corrected chi connectivity index (χ2v) is 3.19. The molecule has 0 bridgehead atoms. The van der Waals surface area contributed by atoms with Gasteiger partial charge >= 0.3 is 0 Å². The molecule has 1 rings (SSSR count). The molecule has 0 aromatic carbocycles. The molecule has 0 saturated heterocycles. The Balaban J connectivity index is 2.58. The lowest BCUT2D eigenvalue weighted by Crippen LogP contribution is -2.16. The highest BCUT2D eigenvalue weighted by molar-refractivity contribution is 5.79. The summed E-state index contributed by atoms with van der Waals surface area (Å²) in [5.41, 5.74) is 0. The molecule has 0 aromatic heterocycles. The normalized spacial score (nSPS) is 32.3. The van der Waals surface area contributed by atoms with Crippen LogP contribution >= 0.6 is 0 Å².